The minimum Gasteiger partial charge on any atom is -0.345 e. The summed E-state index contributed by atoms with van der Waals surface area (Å²) in [4.78, 5) is 13.2. The summed E-state index contributed by atoms with van der Waals surface area (Å²) in [7, 11) is -1.63. The molecule has 0 radical (unpaired) electrons. The van der Waals surface area contributed by atoms with Crippen LogP contribution in [-0.4, -0.2) is 50.9 Å². The van der Waals surface area contributed by atoms with Gasteiger partial charge in [-0.15, -0.1) is 0 Å². The second kappa shape index (κ2) is 7.09. The maximum Gasteiger partial charge on any atom is 0.237 e. The number of carbonyl (C=O) groups excluding carboxylic acids is 1. The van der Waals surface area contributed by atoms with Crippen LogP contribution < -0.4 is 5.73 Å². The third-order valence-corrected chi connectivity index (χ3v) is 5.10. The zero-order valence-corrected chi connectivity index (χ0v) is 11.9. The molecule has 0 spiro atoms. The number of hydrogen-bond donors (Lipinski definition) is 1. The van der Waals surface area contributed by atoms with E-state index in [9.17, 15) is 13.2 Å². The zero-order valence-electron chi connectivity index (χ0n) is 11.1. The standard InChI is InChI=1S/C12H24N2O3S/c1-14(8-4-7-13)12(15)10-18(16,17)9-11-5-2-3-6-11/h11H,2-10,13H2,1H3. The van der Waals surface area contributed by atoms with Gasteiger partial charge >= 0.3 is 0 Å². The lowest BCUT2D eigenvalue weighted by Gasteiger charge is -2.17. The van der Waals surface area contributed by atoms with Gasteiger partial charge in [0.1, 0.15) is 5.75 Å². The van der Waals surface area contributed by atoms with Crippen molar-refractivity contribution in [1.29, 1.82) is 0 Å². The van der Waals surface area contributed by atoms with Crippen molar-refractivity contribution in [2.75, 3.05) is 31.6 Å². The van der Waals surface area contributed by atoms with E-state index in [1.165, 1.54) is 4.90 Å². The molecule has 0 aromatic rings. The molecule has 0 aromatic heterocycles. The molecular formula is C12H24N2O3S. The summed E-state index contributed by atoms with van der Waals surface area (Å²) in [5.41, 5.74) is 5.36. The van der Waals surface area contributed by atoms with E-state index in [2.05, 4.69) is 0 Å². The van der Waals surface area contributed by atoms with Gasteiger partial charge < -0.3 is 10.6 Å². The van der Waals surface area contributed by atoms with Crippen molar-refractivity contribution in [2.24, 2.45) is 11.7 Å². The molecule has 0 unspecified atom stereocenters. The Morgan fingerprint density at radius 3 is 2.50 bits per heavy atom. The summed E-state index contributed by atoms with van der Waals surface area (Å²) >= 11 is 0. The second-order valence-corrected chi connectivity index (χ2v) is 7.27. The Morgan fingerprint density at radius 1 is 1.33 bits per heavy atom. The molecule has 6 heteroatoms. The highest BCUT2D eigenvalue weighted by atomic mass is 32.2. The lowest BCUT2D eigenvalue weighted by atomic mass is 10.1. The number of rotatable bonds is 7. The molecule has 5 nitrogen and oxygen atoms in total. The van der Waals surface area contributed by atoms with Crippen LogP contribution in [0.15, 0.2) is 0 Å². The van der Waals surface area contributed by atoms with Gasteiger partial charge in [0.05, 0.1) is 5.75 Å². The largest absolute Gasteiger partial charge is 0.345 e. The van der Waals surface area contributed by atoms with E-state index in [-0.39, 0.29) is 23.3 Å². The fourth-order valence-electron chi connectivity index (χ4n) is 2.35. The molecule has 2 N–H and O–H groups in total. The van der Waals surface area contributed by atoms with Gasteiger partial charge in [-0.05, 0) is 31.7 Å². The molecule has 106 valence electrons. The quantitative estimate of drug-likeness (QED) is 0.730. The van der Waals surface area contributed by atoms with Gasteiger partial charge in [-0.1, -0.05) is 12.8 Å². The topological polar surface area (TPSA) is 80.5 Å². The molecule has 1 aliphatic rings. The number of sulfone groups is 1. The van der Waals surface area contributed by atoms with Crippen molar-refractivity contribution < 1.29 is 13.2 Å². The Morgan fingerprint density at radius 2 is 1.94 bits per heavy atom. The molecule has 0 saturated heterocycles. The Bertz CT molecular complexity index is 362. The summed E-state index contributed by atoms with van der Waals surface area (Å²) in [6.45, 7) is 1.03. The maximum atomic E-state index is 11.9. The van der Waals surface area contributed by atoms with Crippen LogP contribution in [0.2, 0.25) is 0 Å². The summed E-state index contributed by atoms with van der Waals surface area (Å²) in [6.07, 6.45) is 4.90. The third-order valence-electron chi connectivity index (χ3n) is 3.43. The molecule has 1 aliphatic carbocycles. The Labute approximate surface area is 110 Å². The molecular weight excluding hydrogens is 252 g/mol. The van der Waals surface area contributed by atoms with Crippen LogP contribution in [0.25, 0.3) is 0 Å². The van der Waals surface area contributed by atoms with Gasteiger partial charge in [0.25, 0.3) is 0 Å². The Hall–Kier alpha value is -0.620. The minimum atomic E-state index is -3.26. The fourth-order valence-corrected chi connectivity index (χ4v) is 4.11. The fraction of sp³-hybridized carbons (Fsp3) is 0.917. The van der Waals surface area contributed by atoms with Crippen molar-refractivity contribution in [3.63, 3.8) is 0 Å². The van der Waals surface area contributed by atoms with E-state index in [0.717, 1.165) is 25.7 Å². The molecule has 0 aromatic carbocycles. The summed E-state index contributed by atoms with van der Waals surface area (Å²) in [5.74, 6) is -0.243. The lowest BCUT2D eigenvalue weighted by molar-refractivity contribution is -0.127. The molecule has 1 saturated carbocycles. The number of amides is 1. The number of nitrogens with two attached hydrogens (primary N) is 1. The third kappa shape index (κ3) is 5.35. The van der Waals surface area contributed by atoms with Gasteiger partial charge in [0, 0.05) is 13.6 Å². The van der Waals surface area contributed by atoms with E-state index in [4.69, 9.17) is 5.73 Å². The molecule has 18 heavy (non-hydrogen) atoms. The van der Waals surface area contributed by atoms with Crippen LogP contribution >= 0.6 is 0 Å². The first-order valence-corrected chi connectivity index (χ1v) is 8.41. The van der Waals surface area contributed by atoms with Gasteiger partial charge in [-0.25, -0.2) is 8.42 Å². The van der Waals surface area contributed by atoms with Crippen molar-refractivity contribution in [3.8, 4) is 0 Å². The minimum absolute atomic E-state index is 0.170. The zero-order chi connectivity index (χ0) is 13.6. The summed E-state index contributed by atoms with van der Waals surface area (Å²) in [5, 5.41) is 0. The van der Waals surface area contributed by atoms with E-state index in [1.807, 2.05) is 0 Å². The number of nitrogens with zero attached hydrogens (tertiary/aromatic N) is 1. The predicted octanol–water partition coefficient (Wildman–Crippen LogP) is 0.399. The van der Waals surface area contributed by atoms with Crippen LogP contribution in [-0.2, 0) is 14.6 Å². The molecule has 0 heterocycles. The highest BCUT2D eigenvalue weighted by Crippen LogP contribution is 2.26. The van der Waals surface area contributed by atoms with Crippen LogP contribution in [0.4, 0.5) is 0 Å². The van der Waals surface area contributed by atoms with E-state index >= 15 is 0 Å². The SMILES string of the molecule is CN(CCCN)C(=O)CS(=O)(=O)CC1CCCC1. The average molecular weight is 276 g/mol. The molecule has 1 amide bonds. The lowest BCUT2D eigenvalue weighted by Crippen LogP contribution is -2.35. The second-order valence-electron chi connectivity index (χ2n) is 5.16. The van der Waals surface area contributed by atoms with Crippen molar-refractivity contribution in [3.05, 3.63) is 0 Å². The van der Waals surface area contributed by atoms with Crippen LogP contribution in [0.3, 0.4) is 0 Å². The molecule has 0 atom stereocenters. The maximum absolute atomic E-state index is 11.9. The van der Waals surface area contributed by atoms with Crippen LogP contribution in [0, 0.1) is 5.92 Å². The first-order chi connectivity index (χ1) is 8.44. The van der Waals surface area contributed by atoms with Gasteiger partial charge in [0.2, 0.25) is 5.91 Å². The first kappa shape index (κ1) is 15.4. The van der Waals surface area contributed by atoms with E-state index < -0.39 is 9.84 Å². The van der Waals surface area contributed by atoms with E-state index in [1.54, 1.807) is 7.05 Å². The highest BCUT2D eigenvalue weighted by Gasteiger charge is 2.25. The smallest absolute Gasteiger partial charge is 0.237 e. The molecule has 0 bridgehead atoms. The molecule has 1 rings (SSSR count). The van der Waals surface area contributed by atoms with Gasteiger partial charge in [-0.3, -0.25) is 4.79 Å². The van der Waals surface area contributed by atoms with Crippen molar-refractivity contribution in [2.45, 2.75) is 32.1 Å². The van der Waals surface area contributed by atoms with Crippen molar-refractivity contribution in [1.82, 2.24) is 4.90 Å². The normalized spacial score (nSPS) is 17.0. The Balaban J connectivity index is 2.41. The predicted molar refractivity (Wildman–Crippen MR) is 71.9 cm³/mol. The van der Waals surface area contributed by atoms with Crippen LogP contribution in [0.1, 0.15) is 32.1 Å². The summed E-state index contributed by atoms with van der Waals surface area (Å²) in [6, 6.07) is 0. The average Bonchev–Trinajstić information content (AvgIpc) is 2.76. The molecule has 1 fully saturated rings. The first-order valence-electron chi connectivity index (χ1n) is 6.59. The number of hydrogen-bond acceptors (Lipinski definition) is 4. The summed E-state index contributed by atoms with van der Waals surface area (Å²) < 4.78 is 23.8. The number of carbonyl (C=O) groups is 1. The van der Waals surface area contributed by atoms with Gasteiger partial charge in [-0.2, -0.15) is 0 Å². The highest BCUT2D eigenvalue weighted by molar-refractivity contribution is 7.92. The van der Waals surface area contributed by atoms with E-state index in [0.29, 0.717) is 19.5 Å². The monoisotopic (exact) mass is 276 g/mol. The van der Waals surface area contributed by atoms with Gasteiger partial charge in [0.15, 0.2) is 9.84 Å². The molecule has 0 aliphatic heterocycles. The Kier molecular flexibility index (Phi) is 6.08. The van der Waals surface area contributed by atoms with Crippen molar-refractivity contribution >= 4 is 15.7 Å². The van der Waals surface area contributed by atoms with Crippen LogP contribution in [0.5, 0.6) is 0 Å².